The molecule has 0 saturated heterocycles. The van der Waals surface area contributed by atoms with Crippen molar-refractivity contribution in [2.24, 2.45) is 0 Å². The van der Waals surface area contributed by atoms with Gasteiger partial charge in [-0.25, -0.2) is 13.1 Å². The van der Waals surface area contributed by atoms with Crippen LogP contribution in [0.5, 0.6) is 0 Å². The Kier molecular flexibility index (Phi) is 13.6. The van der Waals surface area contributed by atoms with Crippen LogP contribution in [0.4, 0.5) is 0 Å². The Labute approximate surface area is 174 Å². The van der Waals surface area contributed by atoms with Gasteiger partial charge in [-0.05, 0) is 25.0 Å². The summed E-state index contributed by atoms with van der Waals surface area (Å²) in [4.78, 5) is 15.7. The molecule has 156 valence electrons. The molecule has 0 radical (unpaired) electrons. The van der Waals surface area contributed by atoms with E-state index < -0.39 is 10.0 Å². The SMILES string of the molecule is Cl.Cl.O=C(CCNS(=O)(=O)c1cccnc1)NCCNC1CCCCCC1. The largest absolute Gasteiger partial charge is 0.355 e. The smallest absolute Gasteiger partial charge is 0.242 e. The summed E-state index contributed by atoms with van der Waals surface area (Å²) in [5.74, 6) is -0.156. The molecule has 7 nitrogen and oxygen atoms in total. The van der Waals surface area contributed by atoms with E-state index in [1.165, 1.54) is 57.0 Å². The molecule has 1 heterocycles. The standard InChI is InChI=1S/C17H28N4O3S.2ClH/c22-17(20-13-12-19-15-6-3-1-2-4-7-15)9-11-21-25(23,24)16-8-5-10-18-14-16;;/h5,8,10,14-15,19,21H,1-4,6-7,9,11-13H2,(H,20,22);2*1H. The van der Waals surface area contributed by atoms with Gasteiger partial charge < -0.3 is 10.6 Å². The Balaban J connectivity index is 0.00000338. The van der Waals surface area contributed by atoms with Crippen LogP contribution < -0.4 is 15.4 Å². The second-order valence-corrected chi connectivity index (χ2v) is 8.10. The lowest BCUT2D eigenvalue weighted by Crippen LogP contribution is -2.38. The molecule has 1 saturated carbocycles. The minimum atomic E-state index is -3.60. The van der Waals surface area contributed by atoms with E-state index in [0.29, 0.717) is 12.6 Å². The predicted octanol–water partition coefficient (Wildman–Crippen LogP) is 2.02. The molecule has 1 fully saturated rings. The van der Waals surface area contributed by atoms with Gasteiger partial charge in [-0.15, -0.1) is 24.8 Å². The van der Waals surface area contributed by atoms with E-state index in [9.17, 15) is 13.2 Å². The number of amides is 1. The zero-order valence-electron chi connectivity index (χ0n) is 15.4. The molecular formula is C17H30Cl2N4O3S. The maximum atomic E-state index is 12.0. The minimum Gasteiger partial charge on any atom is -0.355 e. The fourth-order valence-electron chi connectivity index (χ4n) is 2.94. The molecule has 1 amide bonds. The molecule has 0 bridgehead atoms. The average molecular weight is 441 g/mol. The molecule has 0 aliphatic heterocycles. The van der Waals surface area contributed by atoms with Crippen LogP contribution in [-0.4, -0.2) is 45.0 Å². The highest BCUT2D eigenvalue weighted by atomic mass is 35.5. The average Bonchev–Trinajstić information content (AvgIpc) is 2.88. The topological polar surface area (TPSA) is 100 Å². The van der Waals surface area contributed by atoms with Crippen LogP contribution >= 0.6 is 24.8 Å². The molecule has 0 spiro atoms. The number of hydrogen-bond donors (Lipinski definition) is 3. The van der Waals surface area contributed by atoms with E-state index in [-0.39, 0.29) is 48.6 Å². The summed E-state index contributed by atoms with van der Waals surface area (Å²) >= 11 is 0. The van der Waals surface area contributed by atoms with E-state index in [1.54, 1.807) is 6.07 Å². The highest BCUT2D eigenvalue weighted by Gasteiger charge is 2.14. The number of carbonyl (C=O) groups is 1. The molecule has 1 aromatic rings. The molecule has 2 rings (SSSR count). The van der Waals surface area contributed by atoms with Gasteiger partial charge in [0.05, 0.1) is 0 Å². The Morgan fingerprint density at radius 1 is 1.07 bits per heavy atom. The summed E-state index contributed by atoms with van der Waals surface area (Å²) in [6, 6.07) is 3.59. The van der Waals surface area contributed by atoms with Crippen molar-refractivity contribution in [3.05, 3.63) is 24.5 Å². The predicted molar refractivity (Wildman–Crippen MR) is 111 cm³/mol. The quantitative estimate of drug-likeness (QED) is 0.402. The van der Waals surface area contributed by atoms with E-state index in [1.807, 2.05) is 0 Å². The Morgan fingerprint density at radius 2 is 1.78 bits per heavy atom. The second-order valence-electron chi connectivity index (χ2n) is 6.33. The number of hydrogen-bond acceptors (Lipinski definition) is 5. The number of nitrogens with one attached hydrogen (secondary N) is 3. The van der Waals surface area contributed by atoms with Crippen LogP contribution in [0.1, 0.15) is 44.9 Å². The van der Waals surface area contributed by atoms with Crippen molar-refractivity contribution < 1.29 is 13.2 Å². The molecule has 0 atom stereocenters. The van der Waals surface area contributed by atoms with Crippen LogP contribution in [0.25, 0.3) is 0 Å². The minimum absolute atomic E-state index is 0. The molecule has 10 heteroatoms. The van der Waals surface area contributed by atoms with Crippen LogP contribution in [0.15, 0.2) is 29.4 Å². The summed E-state index contributed by atoms with van der Waals surface area (Å²) in [5, 5.41) is 6.30. The molecule has 1 aliphatic carbocycles. The number of carbonyl (C=O) groups excluding carboxylic acids is 1. The van der Waals surface area contributed by atoms with Crippen LogP contribution in [-0.2, 0) is 14.8 Å². The van der Waals surface area contributed by atoms with E-state index >= 15 is 0 Å². The molecule has 1 aliphatic rings. The Morgan fingerprint density at radius 3 is 2.41 bits per heavy atom. The maximum Gasteiger partial charge on any atom is 0.242 e. The van der Waals surface area contributed by atoms with Crippen LogP contribution in [0.2, 0.25) is 0 Å². The van der Waals surface area contributed by atoms with Gasteiger partial charge in [0.2, 0.25) is 15.9 Å². The summed E-state index contributed by atoms with van der Waals surface area (Å²) in [6.07, 6.45) is 10.5. The number of aromatic nitrogens is 1. The van der Waals surface area contributed by atoms with Crippen molar-refractivity contribution >= 4 is 40.7 Å². The Hall–Kier alpha value is -0.930. The van der Waals surface area contributed by atoms with Crippen molar-refractivity contribution in [1.82, 2.24) is 20.3 Å². The molecule has 0 unspecified atom stereocenters. The zero-order valence-corrected chi connectivity index (χ0v) is 17.8. The highest BCUT2D eigenvalue weighted by Crippen LogP contribution is 2.16. The van der Waals surface area contributed by atoms with Gasteiger partial charge in [-0.1, -0.05) is 25.7 Å². The third-order valence-electron chi connectivity index (χ3n) is 4.32. The lowest BCUT2D eigenvalue weighted by Gasteiger charge is -2.16. The third-order valence-corrected chi connectivity index (χ3v) is 5.77. The van der Waals surface area contributed by atoms with Gasteiger partial charge in [-0.2, -0.15) is 0 Å². The highest BCUT2D eigenvalue weighted by molar-refractivity contribution is 7.89. The van der Waals surface area contributed by atoms with Crippen LogP contribution in [0.3, 0.4) is 0 Å². The van der Waals surface area contributed by atoms with Gasteiger partial charge in [0.1, 0.15) is 4.90 Å². The van der Waals surface area contributed by atoms with Crippen LogP contribution in [0, 0.1) is 0 Å². The first-order chi connectivity index (χ1) is 12.1. The molecule has 27 heavy (non-hydrogen) atoms. The van der Waals surface area contributed by atoms with E-state index in [0.717, 1.165) is 6.54 Å². The first kappa shape index (κ1) is 26.1. The number of pyridine rings is 1. The van der Waals surface area contributed by atoms with Gasteiger partial charge in [0.15, 0.2) is 0 Å². The van der Waals surface area contributed by atoms with Crippen molar-refractivity contribution in [2.75, 3.05) is 19.6 Å². The Bertz CT molecular complexity index is 624. The second kappa shape index (κ2) is 14.1. The maximum absolute atomic E-state index is 12.0. The third kappa shape index (κ3) is 10.3. The van der Waals surface area contributed by atoms with Crippen molar-refractivity contribution in [2.45, 2.75) is 55.9 Å². The van der Waals surface area contributed by atoms with Crippen molar-refractivity contribution in [3.63, 3.8) is 0 Å². The zero-order chi connectivity index (χ0) is 18.0. The fraction of sp³-hybridized carbons (Fsp3) is 0.647. The number of sulfonamides is 1. The first-order valence-corrected chi connectivity index (χ1v) is 10.5. The van der Waals surface area contributed by atoms with Gasteiger partial charge in [0.25, 0.3) is 0 Å². The molecule has 1 aromatic heterocycles. The molecule has 3 N–H and O–H groups in total. The summed E-state index contributed by atoms with van der Waals surface area (Å²) < 4.78 is 26.4. The van der Waals surface area contributed by atoms with E-state index in [2.05, 4.69) is 20.3 Å². The molecule has 0 aromatic carbocycles. The van der Waals surface area contributed by atoms with Gasteiger partial charge >= 0.3 is 0 Å². The number of rotatable bonds is 9. The van der Waals surface area contributed by atoms with Crippen molar-refractivity contribution in [3.8, 4) is 0 Å². The fourth-order valence-corrected chi connectivity index (χ4v) is 3.93. The van der Waals surface area contributed by atoms with Gasteiger partial charge in [-0.3, -0.25) is 9.78 Å². The molecular weight excluding hydrogens is 411 g/mol. The normalized spacial score (nSPS) is 15.1. The number of nitrogens with zero attached hydrogens (tertiary/aromatic N) is 1. The lowest BCUT2D eigenvalue weighted by atomic mass is 10.1. The van der Waals surface area contributed by atoms with Gasteiger partial charge in [0, 0.05) is 44.5 Å². The summed E-state index contributed by atoms with van der Waals surface area (Å²) in [7, 11) is -3.60. The van der Waals surface area contributed by atoms with Crippen molar-refractivity contribution in [1.29, 1.82) is 0 Å². The summed E-state index contributed by atoms with van der Waals surface area (Å²) in [5.41, 5.74) is 0. The number of halogens is 2. The summed E-state index contributed by atoms with van der Waals surface area (Å²) in [6.45, 7) is 1.38. The van der Waals surface area contributed by atoms with E-state index in [4.69, 9.17) is 0 Å². The lowest BCUT2D eigenvalue weighted by molar-refractivity contribution is -0.120. The first-order valence-electron chi connectivity index (χ1n) is 8.98. The monoisotopic (exact) mass is 440 g/mol.